The number of nitrogens with zero attached hydrogens (tertiary/aromatic N) is 1. The highest BCUT2D eigenvalue weighted by atomic mass is 16.3. The fourth-order valence-corrected chi connectivity index (χ4v) is 1.28. The van der Waals surface area contributed by atoms with Gasteiger partial charge >= 0.3 is 0 Å². The monoisotopic (exact) mass is 221 g/mol. The van der Waals surface area contributed by atoms with Crippen molar-refractivity contribution in [2.75, 3.05) is 0 Å². The minimum absolute atomic E-state index is 0.235. The lowest BCUT2D eigenvalue weighted by atomic mass is 10.2. The topological polar surface area (TPSA) is 32.6 Å². The summed E-state index contributed by atoms with van der Waals surface area (Å²) in [4.78, 5) is 4.15. The number of aromatic hydroxyl groups is 1. The summed E-state index contributed by atoms with van der Waals surface area (Å²) in [7, 11) is 0. The van der Waals surface area contributed by atoms with E-state index in [1.807, 2.05) is 30.3 Å². The Labute approximate surface area is 100 Å². The van der Waals surface area contributed by atoms with Crippen LogP contribution < -0.4 is 0 Å². The predicted molar refractivity (Wildman–Crippen MR) is 69.6 cm³/mol. The Kier molecular flexibility index (Phi) is 3.57. The summed E-state index contributed by atoms with van der Waals surface area (Å²) in [5.74, 6) is 6.07. The van der Waals surface area contributed by atoms with Crippen molar-refractivity contribution in [3.05, 3.63) is 60.2 Å². The highest BCUT2D eigenvalue weighted by Gasteiger charge is 1.87. The van der Waals surface area contributed by atoms with Crippen LogP contribution in [0.3, 0.4) is 0 Å². The van der Waals surface area contributed by atoms with Crippen molar-refractivity contribution in [3.63, 3.8) is 0 Å². The molecule has 0 unspecified atom stereocenters. The Hall–Kier alpha value is -2.53. The van der Waals surface area contributed by atoms with E-state index in [0.717, 1.165) is 11.3 Å². The van der Waals surface area contributed by atoms with E-state index in [1.165, 1.54) is 0 Å². The molecule has 17 heavy (non-hydrogen) atoms. The van der Waals surface area contributed by atoms with Crippen LogP contribution in [0.15, 0.2) is 59.6 Å². The third kappa shape index (κ3) is 3.51. The van der Waals surface area contributed by atoms with Crippen molar-refractivity contribution in [2.24, 2.45) is 4.99 Å². The molecular weight excluding hydrogens is 210 g/mol. The standard InChI is InChI=1S/C15H11NO/c17-15-10-8-14(9-11-15)16-12-4-7-13-5-2-1-3-6-13/h1-3,5-6,8-12,17H. The van der Waals surface area contributed by atoms with Crippen LogP contribution in [0.1, 0.15) is 5.56 Å². The number of rotatable bonds is 1. The van der Waals surface area contributed by atoms with E-state index in [4.69, 9.17) is 5.11 Å². The largest absolute Gasteiger partial charge is 0.508 e. The van der Waals surface area contributed by atoms with E-state index in [0.29, 0.717) is 0 Å². The first-order valence-electron chi connectivity index (χ1n) is 5.23. The number of aliphatic imine (C=N–C) groups is 1. The molecule has 0 saturated heterocycles. The van der Waals surface area contributed by atoms with Gasteiger partial charge in [0.15, 0.2) is 0 Å². The predicted octanol–water partition coefficient (Wildman–Crippen LogP) is 3.15. The number of phenols is 1. The summed E-state index contributed by atoms with van der Waals surface area (Å²) in [5.41, 5.74) is 1.73. The third-order valence-corrected chi connectivity index (χ3v) is 2.12. The summed E-state index contributed by atoms with van der Waals surface area (Å²) in [6.07, 6.45) is 1.55. The smallest absolute Gasteiger partial charge is 0.115 e. The van der Waals surface area contributed by atoms with Crippen LogP contribution in [0.2, 0.25) is 0 Å². The molecule has 0 spiro atoms. The van der Waals surface area contributed by atoms with Gasteiger partial charge in [-0.05, 0) is 42.3 Å². The van der Waals surface area contributed by atoms with E-state index in [2.05, 4.69) is 16.8 Å². The molecule has 2 aromatic carbocycles. The van der Waals surface area contributed by atoms with Crippen LogP contribution >= 0.6 is 0 Å². The van der Waals surface area contributed by atoms with Gasteiger partial charge in [-0.1, -0.05) is 24.1 Å². The molecule has 0 aliphatic heterocycles. The lowest BCUT2D eigenvalue weighted by Gasteiger charge is -1.91. The van der Waals surface area contributed by atoms with Crippen molar-refractivity contribution in [2.45, 2.75) is 0 Å². The zero-order valence-electron chi connectivity index (χ0n) is 9.17. The zero-order chi connectivity index (χ0) is 11.9. The molecule has 0 bridgehead atoms. The summed E-state index contributed by atoms with van der Waals surface area (Å²) in [5, 5.41) is 9.10. The summed E-state index contributed by atoms with van der Waals surface area (Å²) >= 11 is 0. The summed E-state index contributed by atoms with van der Waals surface area (Å²) in [6.45, 7) is 0. The van der Waals surface area contributed by atoms with Crippen LogP contribution in [0.4, 0.5) is 5.69 Å². The summed E-state index contributed by atoms with van der Waals surface area (Å²) < 4.78 is 0. The molecule has 0 amide bonds. The van der Waals surface area contributed by atoms with Crippen molar-refractivity contribution in [3.8, 4) is 17.6 Å². The second-order valence-corrected chi connectivity index (χ2v) is 3.41. The van der Waals surface area contributed by atoms with Gasteiger partial charge in [0, 0.05) is 5.56 Å². The SMILES string of the molecule is Oc1ccc(N=CC#Cc2ccccc2)cc1. The lowest BCUT2D eigenvalue weighted by molar-refractivity contribution is 0.475. The zero-order valence-corrected chi connectivity index (χ0v) is 9.17. The van der Waals surface area contributed by atoms with Gasteiger partial charge in [-0.3, -0.25) is 0 Å². The van der Waals surface area contributed by atoms with E-state index >= 15 is 0 Å². The normalized spacial score (nSPS) is 9.88. The average molecular weight is 221 g/mol. The van der Waals surface area contributed by atoms with Gasteiger partial charge in [0.25, 0.3) is 0 Å². The maximum absolute atomic E-state index is 9.10. The van der Waals surface area contributed by atoms with E-state index < -0.39 is 0 Å². The fourth-order valence-electron chi connectivity index (χ4n) is 1.28. The molecular formula is C15H11NO. The Morgan fingerprint density at radius 2 is 1.65 bits per heavy atom. The molecule has 0 radical (unpaired) electrons. The maximum Gasteiger partial charge on any atom is 0.115 e. The molecule has 2 heteroatoms. The van der Waals surface area contributed by atoms with Crippen molar-refractivity contribution < 1.29 is 5.11 Å². The molecule has 0 aromatic heterocycles. The molecule has 2 nitrogen and oxygen atoms in total. The molecule has 0 atom stereocenters. The average Bonchev–Trinajstić information content (AvgIpc) is 2.38. The molecule has 0 aliphatic carbocycles. The molecule has 0 saturated carbocycles. The Morgan fingerprint density at radius 3 is 2.35 bits per heavy atom. The molecule has 0 aliphatic rings. The van der Waals surface area contributed by atoms with Gasteiger partial charge in [-0.25, -0.2) is 4.99 Å². The second kappa shape index (κ2) is 5.53. The molecule has 82 valence electrons. The highest BCUT2D eigenvalue weighted by molar-refractivity contribution is 5.81. The van der Waals surface area contributed by atoms with Gasteiger partial charge in [-0.15, -0.1) is 0 Å². The van der Waals surface area contributed by atoms with Crippen LogP contribution in [0, 0.1) is 11.8 Å². The van der Waals surface area contributed by atoms with Crippen molar-refractivity contribution in [1.82, 2.24) is 0 Å². The van der Waals surface area contributed by atoms with Gasteiger partial charge < -0.3 is 5.11 Å². The minimum atomic E-state index is 0.235. The number of benzene rings is 2. The highest BCUT2D eigenvalue weighted by Crippen LogP contribution is 2.15. The fraction of sp³-hybridized carbons (Fsp3) is 0. The molecule has 0 heterocycles. The first-order chi connectivity index (χ1) is 8.34. The number of hydrogen-bond donors (Lipinski definition) is 1. The van der Waals surface area contributed by atoms with Crippen molar-refractivity contribution >= 4 is 11.9 Å². The van der Waals surface area contributed by atoms with Gasteiger partial charge in [0.05, 0.1) is 11.9 Å². The molecule has 1 N–H and O–H groups in total. The molecule has 2 aromatic rings. The van der Waals surface area contributed by atoms with Crippen molar-refractivity contribution in [1.29, 1.82) is 0 Å². The van der Waals surface area contributed by atoms with E-state index in [9.17, 15) is 0 Å². The molecule has 2 rings (SSSR count). The minimum Gasteiger partial charge on any atom is -0.508 e. The maximum atomic E-state index is 9.10. The quantitative estimate of drug-likeness (QED) is 0.582. The van der Waals surface area contributed by atoms with Crippen LogP contribution in [-0.4, -0.2) is 11.3 Å². The Morgan fingerprint density at radius 1 is 0.941 bits per heavy atom. The first-order valence-corrected chi connectivity index (χ1v) is 5.23. The van der Waals surface area contributed by atoms with Crippen LogP contribution in [0.25, 0.3) is 0 Å². The summed E-state index contributed by atoms with van der Waals surface area (Å²) in [6, 6.07) is 16.4. The van der Waals surface area contributed by atoms with Gasteiger partial charge in [0.2, 0.25) is 0 Å². The Bertz CT molecular complexity index is 559. The van der Waals surface area contributed by atoms with Crippen LogP contribution in [-0.2, 0) is 0 Å². The van der Waals surface area contributed by atoms with E-state index in [-0.39, 0.29) is 5.75 Å². The number of hydrogen-bond acceptors (Lipinski definition) is 2. The first kappa shape index (κ1) is 11.0. The second-order valence-electron chi connectivity index (χ2n) is 3.41. The molecule has 0 fully saturated rings. The number of phenolic OH excluding ortho intramolecular Hbond substituents is 1. The lowest BCUT2D eigenvalue weighted by Crippen LogP contribution is -1.72. The Balaban J connectivity index is 2.03. The van der Waals surface area contributed by atoms with Gasteiger partial charge in [-0.2, -0.15) is 0 Å². The third-order valence-electron chi connectivity index (χ3n) is 2.12. The van der Waals surface area contributed by atoms with E-state index in [1.54, 1.807) is 30.5 Å². The van der Waals surface area contributed by atoms with Gasteiger partial charge in [0.1, 0.15) is 5.75 Å². The van der Waals surface area contributed by atoms with Crippen LogP contribution in [0.5, 0.6) is 5.75 Å².